The largest absolute Gasteiger partial charge is 0.356 e. The van der Waals surface area contributed by atoms with Crippen molar-refractivity contribution in [2.24, 2.45) is 0 Å². The third-order valence-electron chi connectivity index (χ3n) is 6.27. The molecule has 3 nitrogen and oxygen atoms in total. The lowest BCUT2D eigenvalue weighted by Crippen LogP contribution is -2.40. The van der Waals surface area contributed by atoms with Crippen LogP contribution in [-0.2, 0) is 17.6 Å². The van der Waals surface area contributed by atoms with Gasteiger partial charge in [0.05, 0.1) is 6.04 Å². The molecule has 4 heteroatoms. The van der Waals surface area contributed by atoms with E-state index in [-0.39, 0.29) is 11.9 Å². The van der Waals surface area contributed by atoms with Gasteiger partial charge < -0.3 is 9.88 Å². The van der Waals surface area contributed by atoms with Gasteiger partial charge in [-0.15, -0.1) is 0 Å². The minimum absolute atomic E-state index is 0.112. The van der Waals surface area contributed by atoms with Crippen molar-refractivity contribution in [2.75, 3.05) is 6.54 Å². The van der Waals surface area contributed by atoms with Crippen LogP contribution >= 0.6 is 11.6 Å². The van der Waals surface area contributed by atoms with E-state index >= 15 is 0 Å². The molecule has 1 aliphatic rings. The first-order valence-electron chi connectivity index (χ1n) is 10.8. The Balaban J connectivity index is 1.52. The molecule has 1 aromatic heterocycles. The Morgan fingerprint density at radius 2 is 1.84 bits per heavy atom. The second-order valence-corrected chi connectivity index (χ2v) is 8.78. The van der Waals surface area contributed by atoms with E-state index in [1.165, 1.54) is 16.7 Å². The van der Waals surface area contributed by atoms with Gasteiger partial charge in [-0.3, -0.25) is 4.79 Å². The molecular weight excluding hydrogens is 404 g/mol. The van der Waals surface area contributed by atoms with Crippen molar-refractivity contribution in [1.29, 1.82) is 0 Å². The molecule has 0 saturated carbocycles. The molecule has 0 aliphatic carbocycles. The zero-order valence-corrected chi connectivity index (χ0v) is 18.3. The van der Waals surface area contributed by atoms with Gasteiger partial charge in [-0.1, -0.05) is 71.8 Å². The van der Waals surface area contributed by atoms with Crippen molar-refractivity contribution in [3.05, 3.63) is 106 Å². The predicted molar refractivity (Wildman–Crippen MR) is 127 cm³/mol. The maximum atomic E-state index is 13.4. The topological polar surface area (TPSA) is 36.1 Å². The monoisotopic (exact) mass is 428 g/mol. The van der Waals surface area contributed by atoms with E-state index in [1.807, 2.05) is 41.3 Å². The van der Waals surface area contributed by atoms with Gasteiger partial charge in [-0.05, 0) is 54.7 Å². The number of nitrogens with zero attached hydrogens (tertiary/aromatic N) is 1. The van der Waals surface area contributed by atoms with Crippen molar-refractivity contribution in [3.8, 4) is 0 Å². The van der Waals surface area contributed by atoms with E-state index in [0.29, 0.717) is 13.0 Å². The fourth-order valence-corrected chi connectivity index (χ4v) is 4.84. The van der Waals surface area contributed by atoms with E-state index in [0.717, 1.165) is 40.0 Å². The third kappa shape index (κ3) is 3.86. The van der Waals surface area contributed by atoms with Crippen LogP contribution in [0.15, 0.2) is 72.8 Å². The Kier molecular flexibility index (Phi) is 5.29. The number of carbonyl (C=O) groups excluding carboxylic acids is 1. The summed E-state index contributed by atoms with van der Waals surface area (Å²) in [4.78, 5) is 19.1. The molecule has 0 saturated heterocycles. The molecule has 4 aromatic rings. The van der Waals surface area contributed by atoms with Crippen LogP contribution < -0.4 is 0 Å². The Bertz CT molecular complexity index is 1230. The first kappa shape index (κ1) is 19.9. The summed E-state index contributed by atoms with van der Waals surface area (Å²) in [6.07, 6.45) is 2.09. The van der Waals surface area contributed by atoms with Gasteiger partial charge in [-0.2, -0.15) is 0 Å². The Labute approximate surface area is 187 Å². The van der Waals surface area contributed by atoms with Gasteiger partial charge in [0.25, 0.3) is 0 Å². The SMILES string of the molecule is Cc1ccc([C@H]2c3[nH]c4ccc(Cl)cc4c3CCN2C(=O)CCc2ccccc2)cc1. The number of aromatic amines is 1. The van der Waals surface area contributed by atoms with Crippen molar-refractivity contribution in [2.45, 2.75) is 32.2 Å². The van der Waals surface area contributed by atoms with Crippen LogP contribution in [0.4, 0.5) is 0 Å². The highest BCUT2D eigenvalue weighted by Gasteiger charge is 2.34. The maximum absolute atomic E-state index is 13.4. The molecule has 0 spiro atoms. The fraction of sp³-hybridized carbons (Fsp3) is 0.222. The number of fused-ring (bicyclic) bond motifs is 3. The Morgan fingerprint density at radius 3 is 2.61 bits per heavy atom. The van der Waals surface area contributed by atoms with E-state index in [1.54, 1.807) is 0 Å². The molecule has 3 aromatic carbocycles. The molecule has 1 amide bonds. The van der Waals surface area contributed by atoms with Gasteiger partial charge in [0.2, 0.25) is 5.91 Å². The molecule has 0 radical (unpaired) electrons. The molecular formula is C27H25ClN2O. The number of carbonyl (C=O) groups is 1. The lowest BCUT2D eigenvalue weighted by Gasteiger charge is -2.36. The predicted octanol–water partition coefficient (Wildman–Crippen LogP) is 6.24. The number of aryl methyl sites for hydroxylation is 2. The molecule has 2 heterocycles. The highest BCUT2D eigenvalue weighted by molar-refractivity contribution is 6.31. The summed E-state index contributed by atoms with van der Waals surface area (Å²) in [7, 11) is 0. The molecule has 1 atom stereocenters. The van der Waals surface area contributed by atoms with Crippen LogP contribution in [0.2, 0.25) is 5.02 Å². The van der Waals surface area contributed by atoms with Crippen molar-refractivity contribution in [3.63, 3.8) is 0 Å². The minimum Gasteiger partial charge on any atom is -0.356 e. The molecule has 1 aliphatic heterocycles. The first-order chi connectivity index (χ1) is 15.1. The average Bonchev–Trinajstić information content (AvgIpc) is 3.16. The lowest BCUT2D eigenvalue weighted by molar-refractivity contribution is -0.133. The third-order valence-corrected chi connectivity index (χ3v) is 6.51. The maximum Gasteiger partial charge on any atom is 0.223 e. The van der Waals surface area contributed by atoms with E-state index in [9.17, 15) is 4.79 Å². The van der Waals surface area contributed by atoms with Crippen LogP contribution in [0.1, 0.15) is 40.4 Å². The number of halogens is 1. The summed E-state index contributed by atoms with van der Waals surface area (Å²) >= 11 is 6.29. The number of benzene rings is 3. The van der Waals surface area contributed by atoms with Gasteiger partial charge in [0.15, 0.2) is 0 Å². The summed E-state index contributed by atoms with van der Waals surface area (Å²) in [6.45, 7) is 2.79. The summed E-state index contributed by atoms with van der Waals surface area (Å²) in [5.41, 5.74) is 7.00. The molecule has 0 fully saturated rings. The zero-order chi connectivity index (χ0) is 21.4. The van der Waals surface area contributed by atoms with Crippen molar-refractivity contribution < 1.29 is 4.79 Å². The summed E-state index contributed by atoms with van der Waals surface area (Å²) in [5.74, 6) is 0.191. The van der Waals surface area contributed by atoms with E-state index in [2.05, 4.69) is 48.3 Å². The smallest absolute Gasteiger partial charge is 0.223 e. The number of amides is 1. The standard InChI is InChI=1S/C27H25ClN2O/c1-18-7-10-20(11-8-18)27-26-22(23-17-21(28)12-13-24(23)29-26)15-16-30(27)25(31)14-9-19-5-3-2-4-6-19/h2-8,10-13,17,27,29H,9,14-16H2,1H3/t27-/m0/s1. The molecule has 5 rings (SSSR count). The number of rotatable bonds is 4. The van der Waals surface area contributed by atoms with Crippen LogP contribution in [0.3, 0.4) is 0 Å². The molecule has 156 valence electrons. The van der Waals surface area contributed by atoms with Crippen LogP contribution in [0, 0.1) is 6.92 Å². The number of aromatic nitrogens is 1. The van der Waals surface area contributed by atoms with Crippen molar-refractivity contribution in [1.82, 2.24) is 9.88 Å². The molecule has 0 unspecified atom stereocenters. The summed E-state index contributed by atoms with van der Waals surface area (Å²) in [6, 6.07) is 24.6. The molecule has 1 N–H and O–H groups in total. The van der Waals surface area contributed by atoms with Gasteiger partial charge in [0.1, 0.15) is 0 Å². The summed E-state index contributed by atoms with van der Waals surface area (Å²) < 4.78 is 0. The van der Waals surface area contributed by atoms with Gasteiger partial charge in [-0.25, -0.2) is 0 Å². The van der Waals surface area contributed by atoms with Crippen LogP contribution in [0.25, 0.3) is 10.9 Å². The second-order valence-electron chi connectivity index (χ2n) is 8.34. The highest BCUT2D eigenvalue weighted by Crippen LogP contribution is 2.39. The number of nitrogens with one attached hydrogen (secondary N) is 1. The second kappa shape index (κ2) is 8.24. The van der Waals surface area contributed by atoms with E-state index < -0.39 is 0 Å². The van der Waals surface area contributed by atoms with Crippen LogP contribution in [-0.4, -0.2) is 22.3 Å². The van der Waals surface area contributed by atoms with Gasteiger partial charge >= 0.3 is 0 Å². The Morgan fingerprint density at radius 1 is 1.06 bits per heavy atom. The normalized spacial score (nSPS) is 15.8. The molecule has 0 bridgehead atoms. The van der Waals surface area contributed by atoms with Crippen molar-refractivity contribution >= 4 is 28.4 Å². The van der Waals surface area contributed by atoms with Crippen LogP contribution in [0.5, 0.6) is 0 Å². The number of hydrogen-bond donors (Lipinski definition) is 1. The first-order valence-corrected chi connectivity index (χ1v) is 11.2. The lowest BCUT2D eigenvalue weighted by atomic mass is 9.91. The zero-order valence-electron chi connectivity index (χ0n) is 17.6. The minimum atomic E-state index is -0.112. The number of hydrogen-bond acceptors (Lipinski definition) is 1. The van der Waals surface area contributed by atoms with E-state index in [4.69, 9.17) is 11.6 Å². The number of H-pyrrole nitrogens is 1. The fourth-order valence-electron chi connectivity index (χ4n) is 4.66. The average molecular weight is 429 g/mol. The quantitative estimate of drug-likeness (QED) is 0.410. The Hall–Kier alpha value is -3.04. The van der Waals surface area contributed by atoms with Gasteiger partial charge in [0, 0.05) is 34.6 Å². The highest BCUT2D eigenvalue weighted by atomic mass is 35.5. The summed E-state index contributed by atoms with van der Waals surface area (Å²) in [5, 5.41) is 1.90. The molecule has 31 heavy (non-hydrogen) atoms.